The van der Waals surface area contributed by atoms with Crippen molar-refractivity contribution in [3.63, 3.8) is 0 Å². The highest BCUT2D eigenvalue weighted by atomic mass is 16.2. The lowest BCUT2D eigenvalue weighted by Gasteiger charge is -2.20. The van der Waals surface area contributed by atoms with Crippen LogP contribution in [0.15, 0.2) is 91.0 Å². The second kappa shape index (κ2) is 8.09. The fourth-order valence-corrected chi connectivity index (χ4v) is 2.63. The van der Waals surface area contributed by atoms with Crippen LogP contribution >= 0.6 is 0 Å². The van der Waals surface area contributed by atoms with Crippen molar-refractivity contribution in [1.82, 2.24) is 10.9 Å². The molecule has 0 aliphatic carbocycles. The third-order valence-electron chi connectivity index (χ3n) is 3.83. The molecule has 0 atom stereocenters. The monoisotopic (exact) mass is 316 g/mol. The smallest absolute Gasteiger partial charge is 0.238 e. The van der Waals surface area contributed by atoms with E-state index >= 15 is 0 Å². The number of carbonyl (C=O) groups is 1. The SMILES string of the molecule is O=C(Cc1ccccc1)NNC(c1ccccc1)c1ccccc1. The second-order valence-electron chi connectivity index (χ2n) is 5.61. The van der Waals surface area contributed by atoms with E-state index in [-0.39, 0.29) is 11.9 Å². The minimum absolute atomic E-state index is 0.0573. The van der Waals surface area contributed by atoms with E-state index in [9.17, 15) is 4.79 Å². The van der Waals surface area contributed by atoms with Gasteiger partial charge >= 0.3 is 0 Å². The number of rotatable bonds is 6. The molecule has 0 heterocycles. The van der Waals surface area contributed by atoms with Crippen LogP contribution in [0.4, 0.5) is 0 Å². The molecule has 1 amide bonds. The third kappa shape index (κ3) is 4.31. The van der Waals surface area contributed by atoms with Crippen LogP contribution in [0.5, 0.6) is 0 Å². The Morgan fingerprint density at radius 3 is 1.67 bits per heavy atom. The number of hydrogen-bond acceptors (Lipinski definition) is 2. The number of nitrogens with one attached hydrogen (secondary N) is 2. The molecule has 0 bridgehead atoms. The molecule has 0 saturated carbocycles. The van der Waals surface area contributed by atoms with Crippen LogP contribution in [0.25, 0.3) is 0 Å². The lowest BCUT2D eigenvalue weighted by Crippen LogP contribution is -2.41. The van der Waals surface area contributed by atoms with Crippen molar-refractivity contribution in [2.45, 2.75) is 12.5 Å². The molecule has 3 nitrogen and oxygen atoms in total. The largest absolute Gasteiger partial charge is 0.290 e. The van der Waals surface area contributed by atoms with E-state index in [1.165, 1.54) is 0 Å². The Bertz CT molecular complexity index is 718. The molecule has 24 heavy (non-hydrogen) atoms. The van der Waals surface area contributed by atoms with Crippen molar-refractivity contribution in [2.75, 3.05) is 0 Å². The van der Waals surface area contributed by atoms with Crippen LogP contribution in [0.3, 0.4) is 0 Å². The van der Waals surface area contributed by atoms with Crippen molar-refractivity contribution >= 4 is 5.91 Å². The van der Waals surface area contributed by atoms with Gasteiger partial charge in [-0.25, -0.2) is 5.43 Å². The fourth-order valence-electron chi connectivity index (χ4n) is 2.63. The first-order valence-corrected chi connectivity index (χ1v) is 8.01. The van der Waals surface area contributed by atoms with Gasteiger partial charge in [-0.2, -0.15) is 0 Å². The van der Waals surface area contributed by atoms with E-state index < -0.39 is 0 Å². The van der Waals surface area contributed by atoms with E-state index in [0.29, 0.717) is 6.42 Å². The molecular formula is C21H20N2O. The van der Waals surface area contributed by atoms with Crippen LogP contribution < -0.4 is 10.9 Å². The summed E-state index contributed by atoms with van der Waals surface area (Å²) in [7, 11) is 0. The summed E-state index contributed by atoms with van der Waals surface area (Å²) in [6.45, 7) is 0. The number of benzene rings is 3. The predicted octanol–water partition coefficient (Wildman–Crippen LogP) is 3.64. The molecule has 120 valence electrons. The van der Waals surface area contributed by atoms with Gasteiger partial charge < -0.3 is 0 Å². The summed E-state index contributed by atoms with van der Waals surface area (Å²) in [5.41, 5.74) is 9.21. The van der Waals surface area contributed by atoms with Gasteiger partial charge in [0.1, 0.15) is 0 Å². The van der Waals surface area contributed by atoms with Crippen LogP contribution in [-0.2, 0) is 11.2 Å². The highest BCUT2D eigenvalue weighted by molar-refractivity contribution is 5.78. The van der Waals surface area contributed by atoms with E-state index in [1.54, 1.807) is 0 Å². The van der Waals surface area contributed by atoms with Gasteiger partial charge in [0, 0.05) is 0 Å². The first-order valence-electron chi connectivity index (χ1n) is 8.01. The summed E-state index contributed by atoms with van der Waals surface area (Å²) in [6.07, 6.45) is 0.351. The van der Waals surface area contributed by atoms with E-state index in [4.69, 9.17) is 0 Å². The maximum atomic E-state index is 12.2. The topological polar surface area (TPSA) is 41.1 Å². The van der Waals surface area contributed by atoms with Crippen LogP contribution in [0.2, 0.25) is 0 Å². The maximum absolute atomic E-state index is 12.2. The summed E-state index contributed by atoms with van der Waals surface area (Å²) < 4.78 is 0. The Kier molecular flexibility index (Phi) is 5.38. The van der Waals surface area contributed by atoms with Gasteiger partial charge in [0.2, 0.25) is 5.91 Å². The zero-order valence-corrected chi connectivity index (χ0v) is 13.4. The zero-order chi connectivity index (χ0) is 16.6. The number of hydrazine groups is 1. The fraction of sp³-hybridized carbons (Fsp3) is 0.0952. The molecule has 0 aliphatic heterocycles. The number of hydrogen-bond donors (Lipinski definition) is 2. The predicted molar refractivity (Wildman–Crippen MR) is 96.2 cm³/mol. The van der Waals surface area contributed by atoms with Crippen molar-refractivity contribution in [1.29, 1.82) is 0 Å². The van der Waals surface area contributed by atoms with Gasteiger partial charge in [-0.05, 0) is 16.7 Å². The Morgan fingerprint density at radius 2 is 1.17 bits per heavy atom. The molecule has 3 aromatic carbocycles. The Morgan fingerprint density at radius 1 is 0.708 bits per heavy atom. The second-order valence-corrected chi connectivity index (χ2v) is 5.61. The van der Waals surface area contributed by atoms with Gasteiger partial charge in [0.25, 0.3) is 0 Å². The highest BCUT2D eigenvalue weighted by Crippen LogP contribution is 2.20. The molecule has 0 fully saturated rings. The average molecular weight is 316 g/mol. The summed E-state index contributed by atoms with van der Waals surface area (Å²) in [6, 6.07) is 29.8. The molecule has 0 spiro atoms. The third-order valence-corrected chi connectivity index (χ3v) is 3.83. The molecule has 0 aromatic heterocycles. The molecule has 3 heteroatoms. The Hall–Kier alpha value is -2.91. The van der Waals surface area contributed by atoms with Gasteiger partial charge in [-0.3, -0.25) is 10.2 Å². The number of amides is 1. The lowest BCUT2D eigenvalue weighted by atomic mass is 9.99. The summed E-state index contributed by atoms with van der Waals surface area (Å²) in [5.74, 6) is -0.0573. The molecule has 0 saturated heterocycles. The molecule has 3 aromatic rings. The highest BCUT2D eigenvalue weighted by Gasteiger charge is 2.14. The van der Waals surface area contributed by atoms with Crippen LogP contribution in [-0.4, -0.2) is 5.91 Å². The average Bonchev–Trinajstić information content (AvgIpc) is 2.64. The van der Waals surface area contributed by atoms with E-state index in [1.807, 2.05) is 91.0 Å². The maximum Gasteiger partial charge on any atom is 0.238 e. The minimum Gasteiger partial charge on any atom is -0.290 e. The number of carbonyl (C=O) groups excluding carboxylic acids is 1. The Labute approximate surface area is 142 Å². The van der Waals surface area contributed by atoms with Crippen molar-refractivity contribution in [3.05, 3.63) is 108 Å². The molecule has 0 radical (unpaired) electrons. The molecular weight excluding hydrogens is 296 g/mol. The Balaban J connectivity index is 1.70. The van der Waals surface area contributed by atoms with Gasteiger partial charge in [0.15, 0.2) is 0 Å². The quantitative estimate of drug-likeness (QED) is 0.682. The van der Waals surface area contributed by atoms with E-state index in [0.717, 1.165) is 16.7 Å². The first kappa shape index (κ1) is 16.0. The molecule has 2 N–H and O–H groups in total. The summed E-state index contributed by atoms with van der Waals surface area (Å²) in [4.78, 5) is 12.2. The van der Waals surface area contributed by atoms with Crippen molar-refractivity contribution in [3.8, 4) is 0 Å². The first-order chi connectivity index (χ1) is 11.8. The van der Waals surface area contributed by atoms with E-state index in [2.05, 4.69) is 10.9 Å². The summed E-state index contributed by atoms with van der Waals surface area (Å²) >= 11 is 0. The lowest BCUT2D eigenvalue weighted by molar-refractivity contribution is -0.121. The zero-order valence-electron chi connectivity index (χ0n) is 13.4. The standard InChI is InChI=1S/C21H20N2O/c24-20(16-17-10-4-1-5-11-17)22-23-21(18-12-6-2-7-13-18)19-14-8-3-9-15-19/h1-15,21,23H,16H2,(H,22,24). The van der Waals surface area contributed by atoms with Crippen LogP contribution in [0, 0.1) is 0 Å². The van der Waals surface area contributed by atoms with Crippen molar-refractivity contribution in [2.24, 2.45) is 0 Å². The molecule has 0 aliphatic rings. The van der Waals surface area contributed by atoms with Gasteiger partial charge in [-0.15, -0.1) is 0 Å². The van der Waals surface area contributed by atoms with Gasteiger partial charge in [-0.1, -0.05) is 91.0 Å². The molecule has 0 unspecified atom stereocenters. The van der Waals surface area contributed by atoms with Crippen molar-refractivity contribution < 1.29 is 4.79 Å². The van der Waals surface area contributed by atoms with Gasteiger partial charge in [0.05, 0.1) is 12.5 Å². The molecule has 3 rings (SSSR count). The minimum atomic E-state index is -0.0906. The van der Waals surface area contributed by atoms with Crippen LogP contribution in [0.1, 0.15) is 22.7 Å². The normalized spacial score (nSPS) is 10.5. The summed E-state index contributed by atoms with van der Waals surface area (Å²) in [5, 5.41) is 0.